The molecule has 1 heterocycles. The Hall–Kier alpha value is -3.42. The van der Waals surface area contributed by atoms with Gasteiger partial charge >= 0.3 is 11.9 Å². The Morgan fingerprint density at radius 2 is 1.70 bits per heavy atom. The van der Waals surface area contributed by atoms with E-state index in [0.29, 0.717) is 0 Å². The molecule has 0 saturated heterocycles. The van der Waals surface area contributed by atoms with Gasteiger partial charge < -0.3 is 19.5 Å². The number of benzene rings is 1. The van der Waals surface area contributed by atoms with Crippen LogP contribution >= 0.6 is 0 Å². The number of ether oxygens (including phenoxy) is 3. The fourth-order valence-electron chi connectivity index (χ4n) is 3.41. The van der Waals surface area contributed by atoms with Gasteiger partial charge in [0.2, 0.25) is 5.75 Å². The Labute approximate surface area is 194 Å². The molecule has 1 aromatic heterocycles. The zero-order valence-electron chi connectivity index (χ0n) is 20.2. The lowest BCUT2D eigenvalue weighted by molar-refractivity contribution is -0.152. The number of pyridine rings is 1. The number of methoxy groups -OCH3 is 1. The van der Waals surface area contributed by atoms with Crippen LogP contribution in [-0.4, -0.2) is 42.1 Å². The predicted octanol–water partition coefficient (Wildman–Crippen LogP) is 3.81. The number of esters is 2. The zero-order chi connectivity index (χ0) is 24.7. The summed E-state index contributed by atoms with van der Waals surface area (Å²) in [7, 11) is 1.38. The first kappa shape index (κ1) is 25.8. The molecule has 0 radical (unpaired) electrons. The third-order valence-corrected chi connectivity index (χ3v) is 5.44. The molecule has 8 nitrogen and oxygen atoms in total. The van der Waals surface area contributed by atoms with E-state index >= 15 is 0 Å². The largest absolute Gasteiger partial charge is 0.493 e. The van der Waals surface area contributed by atoms with Crippen LogP contribution in [0.2, 0.25) is 0 Å². The molecule has 0 unspecified atom stereocenters. The normalized spacial score (nSPS) is 13.6. The summed E-state index contributed by atoms with van der Waals surface area (Å²) in [6.45, 7) is 10.6. The van der Waals surface area contributed by atoms with Crippen LogP contribution in [0.25, 0.3) is 0 Å². The SMILES string of the molecule is COc1ccnc(C(=O)N[C@H](C(=O)O[C@@H](C)[C@H](C)c2ccccc2C)C(C)C)c1OC(C)=O. The molecule has 33 heavy (non-hydrogen) atoms. The van der Waals surface area contributed by atoms with Crippen molar-refractivity contribution in [1.29, 1.82) is 0 Å². The molecule has 0 fully saturated rings. The Morgan fingerprint density at radius 1 is 1.03 bits per heavy atom. The first-order chi connectivity index (χ1) is 15.6. The Morgan fingerprint density at radius 3 is 2.27 bits per heavy atom. The van der Waals surface area contributed by atoms with Crippen molar-refractivity contribution in [2.75, 3.05) is 7.11 Å². The number of nitrogens with zero attached hydrogens (tertiary/aromatic N) is 1. The van der Waals surface area contributed by atoms with Gasteiger partial charge in [-0.1, -0.05) is 45.0 Å². The van der Waals surface area contributed by atoms with Crippen LogP contribution < -0.4 is 14.8 Å². The van der Waals surface area contributed by atoms with Crippen LogP contribution in [0, 0.1) is 12.8 Å². The minimum Gasteiger partial charge on any atom is -0.493 e. The summed E-state index contributed by atoms with van der Waals surface area (Å²) in [5, 5.41) is 2.67. The Bertz CT molecular complexity index is 1000. The van der Waals surface area contributed by atoms with Crippen LogP contribution in [0.1, 0.15) is 62.2 Å². The first-order valence-corrected chi connectivity index (χ1v) is 10.8. The van der Waals surface area contributed by atoms with Crippen LogP contribution in [-0.2, 0) is 14.3 Å². The number of rotatable bonds is 9. The van der Waals surface area contributed by atoms with E-state index in [4.69, 9.17) is 14.2 Å². The van der Waals surface area contributed by atoms with Gasteiger partial charge in [0.05, 0.1) is 7.11 Å². The van der Waals surface area contributed by atoms with Gasteiger partial charge in [-0.25, -0.2) is 9.78 Å². The van der Waals surface area contributed by atoms with Gasteiger partial charge in [0.25, 0.3) is 5.91 Å². The molecule has 1 N–H and O–H groups in total. The molecule has 0 bridgehead atoms. The lowest BCUT2D eigenvalue weighted by Gasteiger charge is -2.27. The third-order valence-electron chi connectivity index (χ3n) is 5.44. The van der Waals surface area contributed by atoms with Crippen LogP contribution in [0.5, 0.6) is 11.5 Å². The van der Waals surface area contributed by atoms with E-state index < -0.39 is 30.0 Å². The number of carbonyl (C=O) groups excluding carboxylic acids is 3. The molecule has 2 rings (SSSR count). The Balaban J connectivity index is 2.20. The zero-order valence-corrected chi connectivity index (χ0v) is 20.2. The standard InChI is InChI=1S/C25H32N2O6/c1-14(2)21(25(30)32-17(5)16(4)19-11-9-8-10-15(19)3)27-24(29)22-23(33-18(6)28)20(31-7)12-13-26-22/h8-14,16-17,21H,1-7H3,(H,27,29)/t16-,17-,21-/m0/s1. The molecule has 1 amide bonds. The number of hydrogen-bond acceptors (Lipinski definition) is 7. The van der Waals surface area contributed by atoms with E-state index in [0.717, 1.165) is 11.1 Å². The highest BCUT2D eigenvalue weighted by Crippen LogP contribution is 2.30. The minimum absolute atomic E-state index is 0.0331. The number of aryl methyl sites for hydroxylation is 1. The van der Waals surface area contributed by atoms with Gasteiger partial charge in [-0.05, 0) is 30.9 Å². The fourth-order valence-corrected chi connectivity index (χ4v) is 3.41. The number of carbonyl (C=O) groups is 3. The minimum atomic E-state index is -0.929. The molecule has 178 valence electrons. The van der Waals surface area contributed by atoms with Crippen molar-refractivity contribution in [3.05, 3.63) is 53.3 Å². The molecule has 0 aliphatic carbocycles. The van der Waals surface area contributed by atoms with Gasteiger partial charge in [-0.2, -0.15) is 0 Å². The summed E-state index contributed by atoms with van der Waals surface area (Å²) in [5.74, 6) is -2.09. The summed E-state index contributed by atoms with van der Waals surface area (Å²) in [6.07, 6.45) is 0.943. The summed E-state index contributed by atoms with van der Waals surface area (Å²) < 4.78 is 16.1. The van der Waals surface area contributed by atoms with Gasteiger partial charge in [0.1, 0.15) is 12.1 Å². The number of amides is 1. The van der Waals surface area contributed by atoms with Crippen molar-refractivity contribution < 1.29 is 28.6 Å². The number of nitrogens with one attached hydrogen (secondary N) is 1. The second kappa shape index (κ2) is 11.4. The molecule has 0 saturated carbocycles. The van der Waals surface area contributed by atoms with E-state index in [1.165, 1.54) is 26.3 Å². The van der Waals surface area contributed by atoms with Crippen molar-refractivity contribution in [3.8, 4) is 11.5 Å². The number of hydrogen-bond donors (Lipinski definition) is 1. The van der Waals surface area contributed by atoms with Crippen molar-refractivity contribution in [2.45, 2.75) is 59.6 Å². The molecule has 3 atom stereocenters. The fraction of sp³-hybridized carbons (Fsp3) is 0.440. The van der Waals surface area contributed by atoms with E-state index in [1.54, 1.807) is 13.8 Å². The highest BCUT2D eigenvalue weighted by Gasteiger charge is 2.31. The molecule has 0 spiro atoms. The highest BCUT2D eigenvalue weighted by atomic mass is 16.6. The van der Waals surface area contributed by atoms with E-state index in [9.17, 15) is 14.4 Å². The molecular formula is C25H32N2O6. The van der Waals surface area contributed by atoms with Gasteiger partial charge in [-0.15, -0.1) is 0 Å². The summed E-state index contributed by atoms with van der Waals surface area (Å²) in [5.41, 5.74) is 2.04. The average molecular weight is 457 g/mol. The van der Waals surface area contributed by atoms with Crippen LogP contribution in [0.4, 0.5) is 0 Å². The smallest absolute Gasteiger partial charge is 0.329 e. The average Bonchev–Trinajstić information content (AvgIpc) is 2.76. The lowest BCUT2D eigenvalue weighted by atomic mass is 9.92. The van der Waals surface area contributed by atoms with E-state index in [2.05, 4.69) is 10.3 Å². The quantitative estimate of drug-likeness (QED) is 0.572. The molecular weight excluding hydrogens is 424 g/mol. The van der Waals surface area contributed by atoms with Gasteiger partial charge in [0, 0.05) is 25.1 Å². The Kier molecular flexibility index (Phi) is 8.96. The van der Waals surface area contributed by atoms with Crippen molar-refractivity contribution in [1.82, 2.24) is 10.3 Å². The summed E-state index contributed by atoms with van der Waals surface area (Å²) in [4.78, 5) is 41.5. The molecule has 1 aromatic carbocycles. The van der Waals surface area contributed by atoms with Crippen LogP contribution in [0.15, 0.2) is 36.5 Å². The van der Waals surface area contributed by atoms with Gasteiger partial charge in [-0.3, -0.25) is 9.59 Å². The highest BCUT2D eigenvalue weighted by molar-refractivity contribution is 5.98. The maximum Gasteiger partial charge on any atom is 0.329 e. The molecule has 0 aliphatic heterocycles. The van der Waals surface area contributed by atoms with E-state index in [-0.39, 0.29) is 29.0 Å². The third kappa shape index (κ3) is 6.54. The monoisotopic (exact) mass is 456 g/mol. The lowest BCUT2D eigenvalue weighted by Crippen LogP contribution is -2.46. The summed E-state index contributed by atoms with van der Waals surface area (Å²) in [6, 6.07) is 8.48. The van der Waals surface area contributed by atoms with Crippen LogP contribution in [0.3, 0.4) is 0 Å². The van der Waals surface area contributed by atoms with E-state index in [1.807, 2.05) is 45.0 Å². The first-order valence-electron chi connectivity index (χ1n) is 10.8. The molecule has 2 aromatic rings. The number of aromatic nitrogens is 1. The van der Waals surface area contributed by atoms with Crippen molar-refractivity contribution in [3.63, 3.8) is 0 Å². The van der Waals surface area contributed by atoms with Crippen molar-refractivity contribution >= 4 is 17.8 Å². The topological polar surface area (TPSA) is 104 Å². The molecule has 8 heteroatoms. The maximum atomic E-state index is 13.0. The summed E-state index contributed by atoms with van der Waals surface area (Å²) >= 11 is 0. The second-order valence-electron chi connectivity index (χ2n) is 8.27. The van der Waals surface area contributed by atoms with Gasteiger partial charge in [0.15, 0.2) is 11.4 Å². The maximum absolute atomic E-state index is 13.0. The second-order valence-corrected chi connectivity index (χ2v) is 8.27. The van der Waals surface area contributed by atoms with Crippen molar-refractivity contribution in [2.24, 2.45) is 5.92 Å². The molecule has 0 aliphatic rings. The predicted molar refractivity (Wildman–Crippen MR) is 123 cm³/mol.